The van der Waals surface area contributed by atoms with E-state index in [4.69, 9.17) is 37.9 Å². The zero-order valence-electron chi connectivity index (χ0n) is 29.5. The molecule has 2 aliphatic rings. The molecule has 1 aromatic heterocycles. The number of aromatic nitrogens is 1. The van der Waals surface area contributed by atoms with Gasteiger partial charge in [0.05, 0.1) is 23.5 Å². The van der Waals surface area contributed by atoms with E-state index in [1.165, 1.54) is 6.26 Å². The first-order chi connectivity index (χ1) is 23.0. The maximum absolute atomic E-state index is 12.4. The van der Waals surface area contributed by atoms with Gasteiger partial charge in [-0.2, -0.15) is 0 Å². The van der Waals surface area contributed by atoms with Gasteiger partial charge in [0.2, 0.25) is 0 Å². The van der Waals surface area contributed by atoms with Crippen LogP contribution in [0.2, 0.25) is 10.0 Å². The maximum atomic E-state index is 12.4. The van der Waals surface area contributed by atoms with E-state index < -0.39 is 27.3 Å². The summed E-state index contributed by atoms with van der Waals surface area (Å²) in [5.41, 5.74) is 1.28. The van der Waals surface area contributed by atoms with E-state index in [1.807, 2.05) is 66.4 Å². The topological polar surface area (TPSA) is 107 Å². The van der Waals surface area contributed by atoms with Crippen LogP contribution in [0.25, 0.3) is 0 Å². The molecule has 2 aliphatic heterocycles. The number of sulfone groups is 1. The Kier molecular flexibility index (Phi) is 11.1. The first kappa shape index (κ1) is 37.5. The fourth-order valence-corrected chi connectivity index (χ4v) is 7.72. The number of pyridine rings is 1. The molecule has 1 fully saturated rings. The summed E-state index contributed by atoms with van der Waals surface area (Å²) in [6.45, 7) is 14.8. The molecule has 0 radical (unpaired) electrons. The zero-order chi connectivity index (χ0) is 35.8. The SMILES string of the molecule is CCOc1cc(C(C)(C)C)ncc1C1=N[C@@](C)(c2ccc(Cl)cc2)[C@@](C)(c2ccc(Cl)cc2)N1C(O)NC1CCN(CCS(C)(=O)=O)CC1. The summed E-state index contributed by atoms with van der Waals surface area (Å²) in [7, 11) is -3.05. The van der Waals surface area contributed by atoms with Gasteiger partial charge in [-0.1, -0.05) is 68.2 Å². The van der Waals surface area contributed by atoms with Crippen LogP contribution >= 0.6 is 23.2 Å². The van der Waals surface area contributed by atoms with Crippen LogP contribution in [0.4, 0.5) is 0 Å². The second-order valence-corrected chi connectivity index (χ2v) is 17.6. The molecule has 0 aliphatic carbocycles. The fraction of sp³-hybridized carbons (Fsp3) is 0.514. The first-order valence-electron chi connectivity index (χ1n) is 16.9. The second kappa shape index (κ2) is 14.5. The molecule has 266 valence electrons. The van der Waals surface area contributed by atoms with E-state index in [0.29, 0.717) is 40.3 Å². The van der Waals surface area contributed by atoms with Crippen molar-refractivity contribution in [3.63, 3.8) is 0 Å². The molecule has 3 heterocycles. The Morgan fingerprint density at radius 1 is 1.02 bits per heavy atom. The van der Waals surface area contributed by atoms with Crippen LogP contribution in [-0.2, 0) is 26.3 Å². The summed E-state index contributed by atoms with van der Waals surface area (Å²) in [6, 6.07) is 17.3. The summed E-state index contributed by atoms with van der Waals surface area (Å²) in [4.78, 5) is 14.5. The minimum atomic E-state index is -3.05. The van der Waals surface area contributed by atoms with Crippen molar-refractivity contribution < 1.29 is 18.3 Å². The highest BCUT2D eigenvalue weighted by atomic mass is 35.5. The number of amidine groups is 1. The highest BCUT2D eigenvalue weighted by Gasteiger charge is 2.59. The molecular formula is C37H49Cl2N5O4S. The molecule has 12 heteroatoms. The smallest absolute Gasteiger partial charge is 0.186 e. The molecular weight excluding hydrogens is 681 g/mol. The lowest BCUT2D eigenvalue weighted by Gasteiger charge is -2.49. The predicted octanol–water partition coefficient (Wildman–Crippen LogP) is 6.35. The fourth-order valence-electron chi connectivity index (χ4n) is 6.88. The normalized spacial score (nSPS) is 23.1. The molecule has 0 amide bonds. The van der Waals surface area contributed by atoms with Crippen molar-refractivity contribution in [1.82, 2.24) is 20.1 Å². The average Bonchev–Trinajstić information content (AvgIpc) is 3.28. The third-order valence-corrected chi connectivity index (χ3v) is 11.4. The van der Waals surface area contributed by atoms with Crippen LogP contribution in [-0.4, -0.2) is 84.8 Å². The van der Waals surface area contributed by atoms with E-state index in [2.05, 4.69) is 44.8 Å². The van der Waals surface area contributed by atoms with Crippen LogP contribution in [0.15, 0.2) is 65.8 Å². The third kappa shape index (κ3) is 7.95. The molecule has 2 N–H and O–H groups in total. The number of aliphatic hydroxyl groups is 1. The van der Waals surface area contributed by atoms with Crippen molar-refractivity contribution in [1.29, 1.82) is 0 Å². The van der Waals surface area contributed by atoms with Crippen LogP contribution in [0.5, 0.6) is 5.75 Å². The number of hydrogen-bond donors (Lipinski definition) is 2. The minimum absolute atomic E-state index is 0.0182. The van der Waals surface area contributed by atoms with E-state index in [-0.39, 0.29) is 17.2 Å². The van der Waals surface area contributed by atoms with Crippen molar-refractivity contribution in [2.24, 2.45) is 4.99 Å². The number of halogens is 2. The van der Waals surface area contributed by atoms with Crippen LogP contribution in [0.3, 0.4) is 0 Å². The van der Waals surface area contributed by atoms with Crippen molar-refractivity contribution in [3.8, 4) is 5.75 Å². The number of aliphatic hydroxyl groups excluding tert-OH is 1. The van der Waals surface area contributed by atoms with Gasteiger partial charge in [-0.3, -0.25) is 15.3 Å². The Morgan fingerprint density at radius 2 is 1.59 bits per heavy atom. The molecule has 49 heavy (non-hydrogen) atoms. The van der Waals surface area contributed by atoms with Gasteiger partial charge in [0, 0.05) is 52.3 Å². The molecule has 9 nitrogen and oxygen atoms in total. The molecule has 1 saturated heterocycles. The molecule has 0 saturated carbocycles. The highest BCUT2D eigenvalue weighted by Crippen LogP contribution is 2.54. The lowest BCUT2D eigenvalue weighted by atomic mass is 9.71. The molecule has 0 spiro atoms. The van der Waals surface area contributed by atoms with Crippen molar-refractivity contribution >= 4 is 38.9 Å². The number of nitrogens with zero attached hydrogens (tertiary/aromatic N) is 4. The van der Waals surface area contributed by atoms with Gasteiger partial charge in [0.15, 0.2) is 6.35 Å². The Balaban J connectivity index is 1.63. The van der Waals surface area contributed by atoms with Crippen molar-refractivity contribution in [3.05, 3.63) is 93.2 Å². The zero-order valence-corrected chi connectivity index (χ0v) is 31.8. The largest absolute Gasteiger partial charge is 0.493 e. The van der Waals surface area contributed by atoms with E-state index >= 15 is 0 Å². The van der Waals surface area contributed by atoms with Gasteiger partial charge in [-0.05, 0) is 82.1 Å². The quantitative estimate of drug-likeness (QED) is 0.220. The molecule has 3 aromatic rings. The lowest BCUT2D eigenvalue weighted by molar-refractivity contribution is -0.0581. The van der Waals surface area contributed by atoms with Gasteiger partial charge in [0.25, 0.3) is 0 Å². The maximum Gasteiger partial charge on any atom is 0.186 e. The molecule has 0 bridgehead atoms. The van der Waals surface area contributed by atoms with Crippen LogP contribution < -0.4 is 10.1 Å². The van der Waals surface area contributed by atoms with E-state index in [0.717, 1.165) is 42.8 Å². The van der Waals surface area contributed by atoms with Gasteiger partial charge >= 0.3 is 0 Å². The standard InChI is InChI=1S/C37H49Cl2N5O4S/c1-8-48-31-23-32(35(2,3)4)40-24-30(31)33-42-36(5,25-9-13-27(38)14-10-25)37(6,26-11-15-28(39)16-12-26)44(33)34(45)41-29-17-19-43(20-18-29)21-22-49(7,46)47/h9-16,23-24,29,34,41,45H,8,17-22H2,1-7H3/t34?,36-,37+/m0/s1. The summed E-state index contributed by atoms with van der Waals surface area (Å²) in [5, 5.41) is 17.2. The number of likely N-dealkylation sites (tertiary alicyclic amines) is 1. The Bertz CT molecular complexity index is 1760. The van der Waals surface area contributed by atoms with Crippen molar-refractivity contribution in [2.45, 2.75) is 83.3 Å². The van der Waals surface area contributed by atoms with Gasteiger partial charge in [-0.25, -0.2) is 8.42 Å². The van der Waals surface area contributed by atoms with Gasteiger partial charge < -0.3 is 19.6 Å². The lowest BCUT2D eigenvalue weighted by Crippen LogP contribution is -2.62. The molecule has 2 aromatic carbocycles. The molecule has 1 unspecified atom stereocenters. The number of hydrogen-bond acceptors (Lipinski definition) is 9. The number of ether oxygens (including phenoxy) is 1. The second-order valence-electron chi connectivity index (χ2n) is 14.5. The summed E-state index contributed by atoms with van der Waals surface area (Å²) in [6.07, 6.45) is 3.41. The Hall–Kier alpha value is -2.73. The number of benzene rings is 2. The van der Waals surface area contributed by atoms with Crippen LogP contribution in [0, 0.1) is 0 Å². The number of aliphatic imine (C=N–C) groups is 1. The van der Waals surface area contributed by atoms with E-state index in [1.54, 1.807) is 6.20 Å². The third-order valence-electron chi connectivity index (χ3n) is 9.97. The minimum Gasteiger partial charge on any atom is -0.493 e. The number of nitrogens with one attached hydrogen (secondary N) is 1. The first-order valence-corrected chi connectivity index (χ1v) is 19.7. The summed E-state index contributed by atoms with van der Waals surface area (Å²) >= 11 is 12.8. The average molecular weight is 731 g/mol. The summed E-state index contributed by atoms with van der Waals surface area (Å²) < 4.78 is 29.8. The number of rotatable bonds is 11. The molecule has 5 rings (SSSR count). The van der Waals surface area contributed by atoms with Gasteiger partial charge in [0.1, 0.15) is 27.0 Å². The monoisotopic (exact) mass is 729 g/mol. The van der Waals surface area contributed by atoms with Gasteiger partial charge in [-0.15, -0.1) is 0 Å². The number of piperidine rings is 1. The Labute approximate surface area is 301 Å². The Morgan fingerprint density at radius 3 is 2.12 bits per heavy atom. The predicted molar refractivity (Wildman–Crippen MR) is 198 cm³/mol. The molecule has 3 atom stereocenters. The highest BCUT2D eigenvalue weighted by molar-refractivity contribution is 7.90. The van der Waals surface area contributed by atoms with E-state index in [9.17, 15) is 13.5 Å². The summed E-state index contributed by atoms with van der Waals surface area (Å²) in [5.74, 6) is 1.31. The van der Waals surface area contributed by atoms with Crippen molar-refractivity contribution in [2.75, 3.05) is 38.2 Å². The van der Waals surface area contributed by atoms with Crippen LogP contribution in [0.1, 0.15) is 76.8 Å².